The number of hydrogen-bond acceptors (Lipinski definition) is 11. The summed E-state index contributed by atoms with van der Waals surface area (Å²) in [5, 5.41) is 26.4. The summed E-state index contributed by atoms with van der Waals surface area (Å²) in [5.74, 6) is 2.18. The van der Waals surface area contributed by atoms with Gasteiger partial charge in [0.2, 0.25) is 5.82 Å². The van der Waals surface area contributed by atoms with Crippen molar-refractivity contribution in [3.8, 4) is 12.0 Å². The number of nitrogens with two attached hydrogens (primary N) is 1. The Balaban J connectivity index is 1.42. The number of carbonyl (C=O) groups is 2. The molecule has 4 rings (SSSR count). The van der Waals surface area contributed by atoms with Gasteiger partial charge in [-0.05, 0) is 30.4 Å². The Morgan fingerprint density at radius 3 is 2.63 bits per heavy atom. The summed E-state index contributed by atoms with van der Waals surface area (Å²) < 4.78 is 11.7. The second-order valence-electron chi connectivity index (χ2n) is 8.58. The average Bonchev–Trinajstić information content (AvgIpc) is 3.46. The summed E-state index contributed by atoms with van der Waals surface area (Å²) in [6.45, 7) is 2.64. The first-order valence-corrected chi connectivity index (χ1v) is 12.0. The Morgan fingerprint density at radius 1 is 1.18 bits per heavy atom. The van der Waals surface area contributed by atoms with Gasteiger partial charge in [-0.2, -0.15) is 0 Å². The molecule has 1 aromatic carbocycles. The number of likely N-dealkylation sites (N-methyl/N-ethyl adjacent to an activating group) is 1. The Bertz CT molecular complexity index is 1360. The second-order valence-corrected chi connectivity index (χ2v) is 8.58. The number of carbonyl (C=O) groups excluding carboxylic acids is 2. The molecule has 1 saturated heterocycles. The molecule has 2 aromatic heterocycles. The highest BCUT2D eigenvalue weighted by Gasteiger charge is 2.47. The fraction of sp³-hybridized carbons (Fsp3) is 0.400. The molecule has 4 atom stereocenters. The van der Waals surface area contributed by atoms with Crippen molar-refractivity contribution in [2.75, 3.05) is 25.9 Å². The SMILES string of the molecule is CCNC(=O)[C@H]1OC(n2cnc3c(N)nc(C#CNCCc4ccc(CC(=O)OC)cc4)nc32)[C@H](O)[C@@H]1O. The van der Waals surface area contributed by atoms with Crippen LogP contribution in [0, 0.1) is 12.0 Å². The smallest absolute Gasteiger partial charge is 0.309 e. The molecule has 0 bridgehead atoms. The van der Waals surface area contributed by atoms with Crippen molar-refractivity contribution < 1.29 is 29.3 Å². The van der Waals surface area contributed by atoms with Gasteiger partial charge in [-0.15, -0.1) is 0 Å². The predicted octanol–water partition coefficient (Wildman–Crippen LogP) is -0.979. The molecule has 1 amide bonds. The van der Waals surface area contributed by atoms with Crippen molar-refractivity contribution in [2.24, 2.45) is 0 Å². The van der Waals surface area contributed by atoms with E-state index in [4.69, 9.17) is 10.5 Å². The monoisotopic (exact) mass is 523 g/mol. The van der Waals surface area contributed by atoms with Crippen molar-refractivity contribution in [1.82, 2.24) is 30.2 Å². The molecule has 13 heteroatoms. The number of rotatable bonds is 8. The minimum atomic E-state index is -1.43. The molecule has 13 nitrogen and oxygen atoms in total. The number of aromatic nitrogens is 4. The van der Waals surface area contributed by atoms with Gasteiger partial charge in [0.1, 0.15) is 17.7 Å². The molecule has 0 saturated carbocycles. The van der Waals surface area contributed by atoms with E-state index in [2.05, 4.69) is 42.3 Å². The first kappa shape index (κ1) is 26.8. The van der Waals surface area contributed by atoms with Crippen molar-refractivity contribution in [3.05, 3.63) is 47.5 Å². The van der Waals surface area contributed by atoms with E-state index in [1.54, 1.807) is 6.92 Å². The lowest BCUT2D eigenvalue weighted by atomic mass is 10.1. The van der Waals surface area contributed by atoms with Crippen LogP contribution < -0.4 is 16.4 Å². The summed E-state index contributed by atoms with van der Waals surface area (Å²) >= 11 is 0. The Kier molecular flexibility index (Phi) is 8.37. The van der Waals surface area contributed by atoms with Crippen LogP contribution in [0.2, 0.25) is 0 Å². The van der Waals surface area contributed by atoms with E-state index in [9.17, 15) is 19.8 Å². The molecular formula is C25H29N7O6. The van der Waals surface area contributed by atoms with Gasteiger partial charge >= 0.3 is 5.97 Å². The van der Waals surface area contributed by atoms with Crippen molar-refractivity contribution in [1.29, 1.82) is 0 Å². The molecule has 0 aliphatic carbocycles. The van der Waals surface area contributed by atoms with Crippen LogP contribution in [0.1, 0.15) is 30.1 Å². The highest BCUT2D eigenvalue weighted by Crippen LogP contribution is 2.32. The standard InChI is InChI=1S/C25H29N7O6/c1-3-28-24(36)21-19(34)20(35)25(38-21)32-13-29-18-22(26)30-16(31-23(18)32)9-11-27-10-8-14-4-6-15(7-5-14)12-17(33)37-2/h4-7,13,19-21,25,27,34-35H,3,8,10,12H2,1-2H3,(H,28,36)(H2,26,30,31)/t19-,20+,21-,25?/m0/s1. The maximum absolute atomic E-state index is 12.2. The van der Waals surface area contributed by atoms with Gasteiger partial charge in [0, 0.05) is 19.1 Å². The minimum absolute atomic E-state index is 0.0819. The Morgan fingerprint density at radius 2 is 1.92 bits per heavy atom. The van der Waals surface area contributed by atoms with Crippen LogP contribution in [-0.4, -0.2) is 80.1 Å². The fourth-order valence-electron chi connectivity index (χ4n) is 3.99. The molecule has 3 heterocycles. The van der Waals surface area contributed by atoms with E-state index in [0.29, 0.717) is 19.5 Å². The highest BCUT2D eigenvalue weighted by molar-refractivity contribution is 5.83. The lowest BCUT2D eigenvalue weighted by molar-refractivity contribution is -0.140. The number of aliphatic hydroxyl groups is 2. The van der Waals surface area contributed by atoms with Gasteiger partial charge in [-0.1, -0.05) is 24.3 Å². The van der Waals surface area contributed by atoms with Crippen molar-refractivity contribution in [3.63, 3.8) is 0 Å². The minimum Gasteiger partial charge on any atom is -0.469 e. The summed E-state index contributed by atoms with van der Waals surface area (Å²) in [5.41, 5.74) is 8.50. The molecule has 1 aliphatic heterocycles. The molecule has 6 N–H and O–H groups in total. The van der Waals surface area contributed by atoms with Crippen LogP contribution in [0.5, 0.6) is 0 Å². The van der Waals surface area contributed by atoms with Gasteiger partial charge in [0.05, 0.1) is 19.9 Å². The number of nitrogens with one attached hydrogen (secondary N) is 2. The summed E-state index contributed by atoms with van der Waals surface area (Å²) in [6.07, 6.45) is -2.92. The van der Waals surface area contributed by atoms with Crippen LogP contribution >= 0.6 is 0 Å². The zero-order valence-corrected chi connectivity index (χ0v) is 20.9. The molecule has 0 radical (unpaired) electrons. The first-order valence-electron chi connectivity index (χ1n) is 12.0. The van der Waals surface area contributed by atoms with Crippen LogP contribution in [0.25, 0.3) is 11.2 Å². The number of nitrogens with zero attached hydrogens (tertiary/aromatic N) is 4. The number of benzene rings is 1. The first-order chi connectivity index (χ1) is 18.3. The fourth-order valence-corrected chi connectivity index (χ4v) is 3.99. The van der Waals surface area contributed by atoms with Gasteiger partial charge in [0.15, 0.2) is 23.8 Å². The van der Waals surface area contributed by atoms with Crippen molar-refractivity contribution in [2.45, 2.75) is 44.3 Å². The van der Waals surface area contributed by atoms with Gasteiger partial charge in [0.25, 0.3) is 5.91 Å². The average molecular weight is 524 g/mol. The number of imidazole rings is 1. The lowest BCUT2D eigenvalue weighted by Crippen LogP contribution is -2.42. The van der Waals surface area contributed by atoms with Crippen LogP contribution in [0.4, 0.5) is 5.82 Å². The molecule has 0 spiro atoms. The number of esters is 1. The summed E-state index contributed by atoms with van der Waals surface area (Å²) in [6, 6.07) is 10.5. The van der Waals surface area contributed by atoms with Gasteiger partial charge < -0.3 is 36.1 Å². The lowest BCUT2D eigenvalue weighted by Gasteiger charge is -2.16. The van der Waals surface area contributed by atoms with Crippen LogP contribution in [0.3, 0.4) is 0 Å². The molecule has 200 valence electrons. The number of hydrogen-bond donors (Lipinski definition) is 5. The molecule has 1 fully saturated rings. The zero-order chi connectivity index (χ0) is 27.2. The van der Waals surface area contributed by atoms with E-state index >= 15 is 0 Å². The quantitative estimate of drug-likeness (QED) is 0.106. The molecular weight excluding hydrogens is 494 g/mol. The van der Waals surface area contributed by atoms with E-state index in [1.807, 2.05) is 24.3 Å². The van der Waals surface area contributed by atoms with E-state index in [0.717, 1.165) is 11.1 Å². The van der Waals surface area contributed by atoms with E-state index in [1.165, 1.54) is 18.0 Å². The number of aliphatic hydroxyl groups excluding tert-OH is 2. The molecule has 1 unspecified atom stereocenters. The summed E-state index contributed by atoms with van der Waals surface area (Å²) in [4.78, 5) is 36.3. The number of nitrogen functional groups attached to an aromatic ring is 1. The normalized spacial score (nSPS) is 20.5. The maximum atomic E-state index is 12.2. The zero-order valence-electron chi connectivity index (χ0n) is 20.9. The number of ether oxygens (including phenoxy) is 2. The van der Waals surface area contributed by atoms with Crippen molar-refractivity contribution >= 4 is 28.9 Å². The largest absolute Gasteiger partial charge is 0.469 e. The maximum Gasteiger partial charge on any atom is 0.309 e. The third kappa shape index (κ3) is 5.83. The van der Waals surface area contributed by atoms with Gasteiger partial charge in [-0.25, -0.2) is 15.0 Å². The number of fused-ring (bicyclic) bond motifs is 1. The number of methoxy groups -OCH3 is 1. The van der Waals surface area contributed by atoms with E-state index < -0.39 is 30.4 Å². The predicted molar refractivity (Wildman–Crippen MR) is 135 cm³/mol. The second kappa shape index (κ2) is 11.9. The highest BCUT2D eigenvalue weighted by atomic mass is 16.6. The number of amides is 1. The molecule has 3 aromatic rings. The molecule has 1 aliphatic rings. The van der Waals surface area contributed by atoms with Crippen LogP contribution in [-0.2, 0) is 31.9 Å². The third-order valence-electron chi connectivity index (χ3n) is 5.97. The Labute approximate surface area is 218 Å². The van der Waals surface area contributed by atoms with E-state index in [-0.39, 0.29) is 35.2 Å². The topological polar surface area (TPSA) is 187 Å². The summed E-state index contributed by atoms with van der Waals surface area (Å²) in [7, 11) is 1.36. The third-order valence-corrected chi connectivity index (χ3v) is 5.97. The van der Waals surface area contributed by atoms with Crippen LogP contribution in [0.15, 0.2) is 30.6 Å². The number of anilines is 1. The molecule has 38 heavy (non-hydrogen) atoms. The van der Waals surface area contributed by atoms with Gasteiger partial charge in [-0.3, -0.25) is 14.2 Å². The Hall–Kier alpha value is -4.25.